The van der Waals surface area contributed by atoms with Crippen LogP contribution in [0.2, 0.25) is 0 Å². The maximum absolute atomic E-state index is 5.21. The Morgan fingerprint density at radius 1 is 1.12 bits per heavy atom. The number of rotatable bonds is 4. The third-order valence-electron chi connectivity index (χ3n) is 2.38. The van der Waals surface area contributed by atoms with Crippen LogP contribution < -0.4 is 15.4 Å². The van der Waals surface area contributed by atoms with E-state index in [1.807, 2.05) is 24.3 Å². The van der Waals surface area contributed by atoms with E-state index in [9.17, 15) is 0 Å². The largest absolute Gasteiger partial charge is 0.497 e. The normalized spacial score (nSPS) is 12.1. The molecule has 1 atom stereocenters. The van der Waals surface area contributed by atoms with E-state index in [0.29, 0.717) is 11.2 Å². The Bertz CT molecular complexity index is 362. The van der Waals surface area contributed by atoms with Gasteiger partial charge in [-0.15, -0.1) is 0 Å². The van der Waals surface area contributed by atoms with Crippen molar-refractivity contribution >= 4 is 17.3 Å². The Labute approximate surface area is 109 Å². The molecule has 94 valence electrons. The third-order valence-corrected chi connectivity index (χ3v) is 2.62. The van der Waals surface area contributed by atoms with Crippen LogP contribution in [0.15, 0.2) is 24.3 Å². The predicted molar refractivity (Wildman–Crippen MR) is 75.4 cm³/mol. The summed E-state index contributed by atoms with van der Waals surface area (Å²) in [5.74, 6) is 0.865. The molecule has 17 heavy (non-hydrogen) atoms. The van der Waals surface area contributed by atoms with E-state index in [1.54, 1.807) is 7.11 Å². The van der Waals surface area contributed by atoms with Gasteiger partial charge in [-0.1, -0.05) is 12.1 Å². The fourth-order valence-corrected chi connectivity index (χ4v) is 1.89. The zero-order chi connectivity index (χ0) is 12.8. The van der Waals surface area contributed by atoms with Crippen LogP contribution in [-0.4, -0.2) is 18.3 Å². The van der Waals surface area contributed by atoms with Crippen molar-refractivity contribution in [1.82, 2.24) is 10.6 Å². The summed E-state index contributed by atoms with van der Waals surface area (Å²) in [5, 5.41) is 7.09. The van der Waals surface area contributed by atoms with Crippen molar-refractivity contribution in [3.05, 3.63) is 29.8 Å². The van der Waals surface area contributed by atoms with Gasteiger partial charge in [0.2, 0.25) is 0 Å². The van der Waals surface area contributed by atoms with Gasteiger partial charge in [-0.3, -0.25) is 0 Å². The number of thiocarbonyl (C=S) groups is 1. The fourth-order valence-electron chi connectivity index (χ4n) is 1.48. The molecule has 0 spiro atoms. The Balaban J connectivity index is 2.56. The Morgan fingerprint density at radius 3 is 2.18 bits per heavy atom. The zero-order valence-electron chi connectivity index (χ0n) is 10.8. The summed E-state index contributed by atoms with van der Waals surface area (Å²) in [5.41, 5.74) is 1.18. The molecule has 0 saturated carbocycles. The molecule has 4 heteroatoms. The monoisotopic (exact) mass is 252 g/mol. The predicted octanol–water partition coefficient (Wildman–Crippen LogP) is 2.63. The second kappa shape index (κ2) is 6.45. The van der Waals surface area contributed by atoms with Gasteiger partial charge in [-0.05, 0) is 50.7 Å². The summed E-state index contributed by atoms with van der Waals surface area (Å²) >= 11 is 5.21. The highest BCUT2D eigenvalue weighted by Crippen LogP contribution is 2.16. The van der Waals surface area contributed by atoms with Crippen molar-refractivity contribution in [3.63, 3.8) is 0 Å². The van der Waals surface area contributed by atoms with Crippen molar-refractivity contribution in [2.75, 3.05) is 7.11 Å². The van der Waals surface area contributed by atoms with Crippen molar-refractivity contribution in [1.29, 1.82) is 0 Å². The van der Waals surface area contributed by atoms with Crippen LogP contribution in [-0.2, 0) is 0 Å². The lowest BCUT2D eigenvalue weighted by molar-refractivity contribution is 0.414. The molecule has 1 rings (SSSR count). The molecule has 0 fully saturated rings. The van der Waals surface area contributed by atoms with E-state index in [2.05, 4.69) is 31.4 Å². The molecular weight excluding hydrogens is 232 g/mol. The average molecular weight is 252 g/mol. The molecule has 0 amide bonds. The summed E-state index contributed by atoms with van der Waals surface area (Å²) in [7, 11) is 1.67. The minimum absolute atomic E-state index is 0.180. The van der Waals surface area contributed by atoms with Crippen LogP contribution >= 0.6 is 12.2 Å². The standard InChI is InChI=1S/C13H20N2OS/c1-9(2)14-13(17)15-10(3)11-5-7-12(16-4)8-6-11/h5-10H,1-4H3,(H2,14,15,17). The summed E-state index contributed by atoms with van der Waals surface area (Å²) in [6.45, 7) is 6.20. The first-order chi connectivity index (χ1) is 8.02. The van der Waals surface area contributed by atoms with Gasteiger partial charge in [0.15, 0.2) is 5.11 Å². The van der Waals surface area contributed by atoms with Gasteiger partial charge >= 0.3 is 0 Å². The fraction of sp³-hybridized carbons (Fsp3) is 0.462. The lowest BCUT2D eigenvalue weighted by Crippen LogP contribution is -2.40. The summed E-state index contributed by atoms with van der Waals surface area (Å²) < 4.78 is 5.12. The minimum atomic E-state index is 0.180. The van der Waals surface area contributed by atoms with Crippen LogP contribution in [0.5, 0.6) is 5.75 Å². The molecule has 0 aliphatic carbocycles. The molecule has 0 radical (unpaired) electrons. The molecule has 0 heterocycles. The SMILES string of the molecule is COc1ccc(C(C)NC(=S)NC(C)C)cc1. The molecule has 3 nitrogen and oxygen atoms in total. The first-order valence-corrected chi connectivity index (χ1v) is 6.14. The highest BCUT2D eigenvalue weighted by Gasteiger charge is 2.07. The van der Waals surface area contributed by atoms with Gasteiger partial charge in [-0.25, -0.2) is 0 Å². The molecule has 1 aromatic rings. The smallest absolute Gasteiger partial charge is 0.166 e. The second-order valence-electron chi connectivity index (χ2n) is 4.27. The van der Waals surface area contributed by atoms with Crippen molar-refractivity contribution in [2.24, 2.45) is 0 Å². The number of benzene rings is 1. The van der Waals surface area contributed by atoms with Crippen LogP contribution in [0, 0.1) is 0 Å². The summed E-state index contributed by atoms with van der Waals surface area (Å²) in [4.78, 5) is 0. The zero-order valence-corrected chi connectivity index (χ0v) is 11.6. The van der Waals surface area contributed by atoms with Crippen LogP contribution in [0.3, 0.4) is 0 Å². The summed E-state index contributed by atoms with van der Waals surface area (Å²) in [6.07, 6.45) is 0. The highest BCUT2D eigenvalue weighted by molar-refractivity contribution is 7.80. The lowest BCUT2D eigenvalue weighted by Gasteiger charge is -2.19. The van der Waals surface area contributed by atoms with Gasteiger partial charge in [0.05, 0.1) is 13.2 Å². The quantitative estimate of drug-likeness (QED) is 0.807. The maximum atomic E-state index is 5.21. The van der Waals surface area contributed by atoms with Gasteiger partial charge in [0, 0.05) is 6.04 Å². The maximum Gasteiger partial charge on any atom is 0.166 e. The molecule has 0 aliphatic heterocycles. The van der Waals surface area contributed by atoms with E-state index >= 15 is 0 Å². The number of hydrogen-bond donors (Lipinski definition) is 2. The van der Waals surface area contributed by atoms with Gasteiger partial charge in [0.1, 0.15) is 5.75 Å². The molecule has 1 unspecified atom stereocenters. The average Bonchev–Trinajstić information content (AvgIpc) is 2.28. The molecule has 0 aliphatic rings. The van der Waals surface area contributed by atoms with Crippen LogP contribution in [0.4, 0.5) is 0 Å². The number of ether oxygens (including phenoxy) is 1. The summed E-state index contributed by atoms with van der Waals surface area (Å²) in [6, 6.07) is 8.50. The van der Waals surface area contributed by atoms with E-state index in [1.165, 1.54) is 5.56 Å². The van der Waals surface area contributed by atoms with Gasteiger partial charge in [-0.2, -0.15) is 0 Å². The third kappa shape index (κ3) is 4.61. The van der Waals surface area contributed by atoms with E-state index in [-0.39, 0.29) is 6.04 Å². The van der Waals surface area contributed by atoms with Crippen LogP contribution in [0.1, 0.15) is 32.4 Å². The number of nitrogens with one attached hydrogen (secondary N) is 2. The Kier molecular flexibility index (Phi) is 5.22. The molecular formula is C13H20N2OS. The molecule has 1 aromatic carbocycles. The van der Waals surface area contributed by atoms with E-state index in [4.69, 9.17) is 17.0 Å². The van der Waals surface area contributed by atoms with Crippen molar-refractivity contribution in [2.45, 2.75) is 32.9 Å². The second-order valence-corrected chi connectivity index (χ2v) is 4.68. The van der Waals surface area contributed by atoms with Crippen molar-refractivity contribution < 1.29 is 4.74 Å². The van der Waals surface area contributed by atoms with Gasteiger partial charge in [0.25, 0.3) is 0 Å². The number of methoxy groups -OCH3 is 1. The minimum Gasteiger partial charge on any atom is -0.497 e. The highest BCUT2D eigenvalue weighted by atomic mass is 32.1. The Hall–Kier alpha value is -1.29. The van der Waals surface area contributed by atoms with Crippen molar-refractivity contribution in [3.8, 4) is 5.75 Å². The topological polar surface area (TPSA) is 33.3 Å². The molecule has 0 saturated heterocycles. The number of hydrogen-bond acceptors (Lipinski definition) is 2. The Morgan fingerprint density at radius 2 is 1.71 bits per heavy atom. The first-order valence-electron chi connectivity index (χ1n) is 5.74. The molecule has 0 aromatic heterocycles. The molecule has 0 bridgehead atoms. The molecule has 2 N–H and O–H groups in total. The first kappa shape index (κ1) is 13.8. The van der Waals surface area contributed by atoms with Gasteiger partial charge < -0.3 is 15.4 Å². The van der Waals surface area contributed by atoms with E-state index in [0.717, 1.165) is 5.75 Å². The lowest BCUT2D eigenvalue weighted by atomic mass is 10.1. The van der Waals surface area contributed by atoms with E-state index < -0.39 is 0 Å². The van der Waals surface area contributed by atoms with Crippen LogP contribution in [0.25, 0.3) is 0 Å².